The van der Waals surface area contributed by atoms with Gasteiger partial charge in [-0.15, -0.1) is 23.5 Å². The smallest absolute Gasteiger partial charge is 0.549 e. The van der Waals surface area contributed by atoms with Crippen molar-refractivity contribution in [1.29, 1.82) is 0 Å². The first kappa shape index (κ1) is 42.0. The van der Waals surface area contributed by atoms with E-state index in [0.717, 1.165) is 32.0 Å². The van der Waals surface area contributed by atoms with E-state index in [1.807, 2.05) is 73.6 Å². The number of carboxylic acid groups (broad SMARTS) is 2. The van der Waals surface area contributed by atoms with Gasteiger partial charge in [-0.25, -0.2) is 0 Å². The first-order valence-electron chi connectivity index (χ1n) is 13.8. The first-order chi connectivity index (χ1) is 19.6. The van der Waals surface area contributed by atoms with Crippen molar-refractivity contribution in [2.75, 3.05) is 11.5 Å². The number of aliphatic carboxylic acids is 2. The normalized spacial score (nSPS) is 14.3. The second-order valence-electron chi connectivity index (χ2n) is 11.2. The molecule has 2 aromatic rings. The third-order valence-electron chi connectivity index (χ3n) is 5.96. The van der Waals surface area contributed by atoms with Gasteiger partial charge in [0.15, 0.2) is 0 Å². The molecule has 2 aliphatic rings. The molecule has 43 heavy (non-hydrogen) atoms. The van der Waals surface area contributed by atoms with Crippen molar-refractivity contribution in [3.63, 3.8) is 0 Å². The van der Waals surface area contributed by atoms with Crippen LogP contribution < -0.4 is 10.2 Å². The number of carbonyl (C=O) groups excluding carboxylic acids is 2. The molecule has 2 saturated carbocycles. The molecule has 0 spiro atoms. The van der Waals surface area contributed by atoms with Crippen LogP contribution in [-0.4, -0.2) is 31.5 Å². The summed E-state index contributed by atoms with van der Waals surface area (Å²) >= 11 is 2.66. The Bertz CT molecular complexity index is 1010. The van der Waals surface area contributed by atoms with Crippen molar-refractivity contribution in [2.24, 2.45) is 0 Å². The van der Waals surface area contributed by atoms with E-state index in [0.29, 0.717) is 0 Å². The summed E-state index contributed by atoms with van der Waals surface area (Å²) in [4.78, 5) is 22.8. The van der Waals surface area contributed by atoms with Crippen LogP contribution in [0.2, 0.25) is 19.6 Å². The summed E-state index contributed by atoms with van der Waals surface area (Å²) in [6, 6.07) is 8.24. The van der Waals surface area contributed by atoms with Crippen molar-refractivity contribution in [1.82, 2.24) is 0 Å². The van der Waals surface area contributed by atoms with E-state index in [4.69, 9.17) is 0 Å². The summed E-state index contributed by atoms with van der Waals surface area (Å²) in [5.74, 6) is -2.00. The first-order valence-corrected chi connectivity index (χ1v) is 19.3. The average molecular weight is 669 g/mol. The van der Waals surface area contributed by atoms with Gasteiger partial charge in [0.05, 0.1) is 20.0 Å². The zero-order valence-electron chi connectivity index (χ0n) is 26.9. The summed E-state index contributed by atoms with van der Waals surface area (Å²) in [5, 5.41) is 20.7. The number of aryl methyl sites for hydroxylation is 6. The van der Waals surface area contributed by atoms with Crippen LogP contribution in [0.1, 0.15) is 33.4 Å². The van der Waals surface area contributed by atoms with Crippen LogP contribution in [0.15, 0.2) is 34.1 Å². The number of hydrogen-bond acceptors (Lipinski definition) is 6. The zero-order valence-corrected chi connectivity index (χ0v) is 31.1. The van der Waals surface area contributed by atoms with E-state index in [2.05, 4.69) is 69.6 Å². The van der Waals surface area contributed by atoms with Crippen molar-refractivity contribution in [2.45, 2.75) is 71.0 Å². The molecule has 0 amide bonds. The van der Waals surface area contributed by atoms with Crippen molar-refractivity contribution < 1.29 is 41.5 Å². The molecule has 2 aliphatic carbocycles. The molecule has 10 radical (unpaired) electrons. The third kappa shape index (κ3) is 17.9. The molecule has 2 aromatic carbocycles. The van der Waals surface area contributed by atoms with Crippen LogP contribution in [-0.2, 0) is 31.3 Å². The molecule has 0 unspecified atom stereocenters. The van der Waals surface area contributed by atoms with Crippen LogP contribution >= 0.6 is 23.5 Å². The van der Waals surface area contributed by atoms with Gasteiger partial charge in [0, 0.05) is 21.3 Å². The summed E-state index contributed by atoms with van der Waals surface area (Å²) in [5.41, 5.74) is 8.50. The van der Waals surface area contributed by atoms with Gasteiger partial charge in [0.25, 0.3) is 0 Å². The van der Waals surface area contributed by atoms with Crippen LogP contribution in [0.4, 0.5) is 0 Å². The number of benzene rings is 2. The minimum absolute atomic E-state index is 0. The van der Waals surface area contributed by atoms with Crippen LogP contribution in [0, 0.1) is 105 Å². The molecule has 0 N–H and O–H groups in total. The maximum absolute atomic E-state index is 10.3. The van der Waals surface area contributed by atoms with Gasteiger partial charge in [0.2, 0.25) is 0 Å². The number of thioether (sulfide) groups is 2. The molecule has 0 heterocycles. The summed E-state index contributed by atoms with van der Waals surface area (Å²) in [7, 11) is -0.981. The van der Waals surface area contributed by atoms with Crippen molar-refractivity contribution in [3.8, 4) is 0 Å². The Hall–Kier alpha value is -0.989. The summed E-state index contributed by atoms with van der Waals surface area (Å²) in [6.07, 6.45) is 18.7. The number of carbonyl (C=O) groups is 2. The van der Waals surface area contributed by atoms with Crippen molar-refractivity contribution in [3.05, 3.63) is 121 Å². The van der Waals surface area contributed by atoms with Crippen LogP contribution in [0.5, 0.6) is 0 Å². The Labute approximate surface area is 286 Å². The molecule has 0 atom stereocenters. The van der Waals surface area contributed by atoms with E-state index in [1.165, 1.54) is 34.7 Å². The Kier molecular flexibility index (Phi) is 21.2. The molecule has 4 nitrogen and oxygen atoms in total. The van der Waals surface area contributed by atoms with E-state index in [-0.39, 0.29) is 33.2 Å². The second kappa shape index (κ2) is 21.7. The molecular weight excluding hydrogens is 624 g/mol. The Morgan fingerprint density at radius 2 is 0.860 bits per heavy atom. The van der Waals surface area contributed by atoms with Gasteiger partial charge >= 0.3 is 21.7 Å². The number of hydrogen-bond donors (Lipinski definition) is 0. The SMILES string of the molecule is C[Si](C)(C)[C]1[CH][CH][CH][CH]1.Cc1cc(C)c(SCC(=O)[O-])c(C)c1.Cc1cc(C)c(SCC(=O)[O-])c(C)c1.[CH]1[CH][CH][CH][CH]1.[Ti+4]. The monoisotopic (exact) mass is 668 g/mol. The van der Waals surface area contributed by atoms with Crippen LogP contribution in [0.25, 0.3) is 0 Å². The topological polar surface area (TPSA) is 80.3 Å². The third-order valence-corrected chi connectivity index (χ3v) is 10.7. The fourth-order valence-corrected chi connectivity index (χ4v) is 7.11. The van der Waals surface area contributed by atoms with E-state index in [9.17, 15) is 19.8 Å². The molecular formula is C35H44O4S2SiTi+2. The van der Waals surface area contributed by atoms with Gasteiger partial charge in [0.1, 0.15) is 0 Å². The second-order valence-corrected chi connectivity index (χ2v) is 18.2. The number of rotatable bonds is 7. The quantitative estimate of drug-likeness (QED) is 0.259. The summed E-state index contributed by atoms with van der Waals surface area (Å²) in [6.45, 7) is 19.2. The van der Waals surface area contributed by atoms with Crippen LogP contribution in [0.3, 0.4) is 0 Å². The molecule has 226 valence electrons. The molecule has 0 saturated heterocycles. The van der Waals surface area contributed by atoms with Gasteiger partial charge < -0.3 is 19.8 Å². The Morgan fingerprint density at radius 1 is 0.581 bits per heavy atom. The molecule has 8 heteroatoms. The largest absolute Gasteiger partial charge is 4.00 e. The van der Waals surface area contributed by atoms with E-state index < -0.39 is 20.0 Å². The minimum Gasteiger partial charge on any atom is -0.549 e. The average Bonchev–Trinajstić information content (AvgIpc) is 3.60. The minimum atomic E-state index is -1.02. The molecule has 0 aliphatic heterocycles. The van der Waals surface area contributed by atoms with E-state index in [1.54, 1.807) is 5.54 Å². The zero-order chi connectivity index (χ0) is 31.9. The predicted molar refractivity (Wildman–Crippen MR) is 178 cm³/mol. The van der Waals surface area contributed by atoms with Gasteiger partial charge in [-0.3, -0.25) is 0 Å². The maximum Gasteiger partial charge on any atom is 4.00 e. The number of carboxylic acids is 2. The fourth-order valence-electron chi connectivity index (χ4n) is 4.25. The van der Waals surface area contributed by atoms with Gasteiger partial charge in [-0.2, -0.15) is 0 Å². The summed E-state index contributed by atoms with van der Waals surface area (Å²) < 4.78 is 0. The predicted octanol–water partition coefficient (Wildman–Crippen LogP) is 6.20. The standard InChI is InChI=1S/2C11H14O2S.C8H13Si.C5H5.Ti/c2*1-7-4-8(2)11(9(3)5-7)14-6-10(12)13;1-9(2,3)8-6-4-5-7-8;1-2-4-5-3-1;/h2*4-5H,6H2,1-3H3,(H,12,13);4-7H,1-3H3;1-5H;/q;;;;+4/p-2. The molecule has 0 bridgehead atoms. The maximum atomic E-state index is 10.3. The Balaban J connectivity index is 0.000000572. The van der Waals surface area contributed by atoms with E-state index >= 15 is 0 Å². The molecule has 2 fully saturated rings. The van der Waals surface area contributed by atoms with Crippen molar-refractivity contribution >= 4 is 43.5 Å². The molecule has 0 aromatic heterocycles. The Morgan fingerprint density at radius 3 is 1.07 bits per heavy atom. The molecule has 4 rings (SSSR count). The van der Waals surface area contributed by atoms with Gasteiger partial charge in [-0.05, 0) is 127 Å². The fraction of sp³-hybridized carbons (Fsp3) is 0.314. The van der Waals surface area contributed by atoms with Gasteiger partial charge in [-0.1, -0.05) is 55.0 Å².